The quantitative estimate of drug-likeness (QED) is 0.618. The molecule has 0 unspecified atom stereocenters. The van der Waals surface area contributed by atoms with Gasteiger partial charge in [0.25, 0.3) is 0 Å². The number of rotatable bonds is 6. The van der Waals surface area contributed by atoms with Crippen LogP contribution in [0.15, 0.2) is 0 Å². The normalized spacial score (nSPS) is 17.1. The SMILES string of the molecule is CC(C)(CNC(=O)CNC1CCCC1)C(N)=O. The summed E-state index contributed by atoms with van der Waals surface area (Å²) in [5.41, 5.74) is 4.53. The molecule has 98 valence electrons. The van der Waals surface area contributed by atoms with Gasteiger partial charge in [0.1, 0.15) is 0 Å². The van der Waals surface area contributed by atoms with Crippen LogP contribution in [0.4, 0.5) is 0 Å². The molecule has 2 amide bonds. The number of primary amides is 1. The molecular weight excluding hydrogens is 218 g/mol. The Labute approximate surface area is 103 Å². The zero-order valence-corrected chi connectivity index (χ0v) is 10.7. The molecule has 4 N–H and O–H groups in total. The molecule has 1 rings (SSSR count). The lowest BCUT2D eigenvalue weighted by Crippen LogP contribution is -2.45. The molecular formula is C12H23N3O2. The highest BCUT2D eigenvalue weighted by Gasteiger charge is 2.25. The van der Waals surface area contributed by atoms with Crippen molar-refractivity contribution in [2.24, 2.45) is 11.1 Å². The molecule has 0 heterocycles. The first-order chi connectivity index (χ1) is 7.92. The fourth-order valence-electron chi connectivity index (χ4n) is 1.84. The van der Waals surface area contributed by atoms with Gasteiger partial charge in [0.2, 0.25) is 11.8 Å². The van der Waals surface area contributed by atoms with Gasteiger partial charge in [-0.1, -0.05) is 12.8 Å². The molecule has 0 bridgehead atoms. The summed E-state index contributed by atoms with van der Waals surface area (Å²) in [6, 6.07) is 0.477. The Morgan fingerprint density at radius 1 is 1.29 bits per heavy atom. The molecule has 1 saturated carbocycles. The van der Waals surface area contributed by atoms with Crippen LogP contribution in [0.2, 0.25) is 0 Å². The summed E-state index contributed by atoms with van der Waals surface area (Å²) >= 11 is 0. The molecule has 0 aromatic heterocycles. The van der Waals surface area contributed by atoms with Crippen LogP contribution in [0.3, 0.4) is 0 Å². The van der Waals surface area contributed by atoms with E-state index in [1.807, 2.05) is 0 Å². The summed E-state index contributed by atoms with van der Waals surface area (Å²) in [4.78, 5) is 22.6. The van der Waals surface area contributed by atoms with Gasteiger partial charge in [-0.15, -0.1) is 0 Å². The fraction of sp³-hybridized carbons (Fsp3) is 0.833. The molecule has 5 nitrogen and oxygen atoms in total. The highest BCUT2D eigenvalue weighted by atomic mass is 16.2. The van der Waals surface area contributed by atoms with Crippen LogP contribution in [0.5, 0.6) is 0 Å². The Hall–Kier alpha value is -1.10. The number of carbonyl (C=O) groups excluding carboxylic acids is 2. The van der Waals surface area contributed by atoms with Crippen LogP contribution < -0.4 is 16.4 Å². The highest BCUT2D eigenvalue weighted by molar-refractivity contribution is 5.82. The summed E-state index contributed by atoms with van der Waals surface area (Å²) in [5, 5.41) is 5.94. The lowest BCUT2D eigenvalue weighted by Gasteiger charge is -2.21. The lowest BCUT2D eigenvalue weighted by atomic mass is 9.93. The van der Waals surface area contributed by atoms with Crippen molar-refractivity contribution in [2.75, 3.05) is 13.1 Å². The second-order valence-corrected chi connectivity index (χ2v) is 5.39. The molecule has 0 spiro atoms. The molecule has 0 saturated heterocycles. The van der Waals surface area contributed by atoms with Gasteiger partial charge in [-0.3, -0.25) is 9.59 Å². The van der Waals surface area contributed by atoms with E-state index in [0.29, 0.717) is 12.6 Å². The maximum absolute atomic E-state index is 11.5. The maximum Gasteiger partial charge on any atom is 0.233 e. The fourth-order valence-corrected chi connectivity index (χ4v) is 1.84. The molecule has 1 fully saturated rings. The third-order valence-electron chi connectivity index (χ3n) is 3.30. The monoisotopic (exact) mass is 241 g/mol. The van der Waals surface area contributed by atoms with Crippen molar-refractivity contribution in [1.82, 2.24) is 10.6 Å². The smallest absolute Gasteiger partial charge is 0.233 e. The van der Waals surface area contributed by atoms with Gasteiger partial charge in [-0.2, -0.15) is 0 Å². The zero-order valence-electron chi connectivity index (χ0n) is 10.7. The first-order valence-electron chi connectivity index (χ1n) is 6.22. The Balaban J connectivity index is 2.18. The maximum atomic E-state index is 11.5. The Bertz CT molecular complexity index is 283. The molecule has 17 heavy (non-hydrogen) atoms. The second-order valence-electron chi connectivity index (χ2n) is 5.39. The van der Waals surface area contributed by atoms with E-state index in [2.05, 4.69) is 10.6 Å². The topological polar surface area (TPSA) is 84.2 Å². The third-order valence-corrected chi connectivity index (χ3v) is 3.30. The Kier molecular flexibility index (Phi) is 4.93. The summed E-state index contributed by atoms with van der Waals surface area (Å²) in [5.74, 6) is -0.479. The average molecular weight is 241 g/mol. The van der Waals surface area contributed by atoms with E-state index in [-0.39, 0.29) is 12.5 Å². The molecule has 1 aliphatic rings. The van der Waals surface area contributed by atoms with Gasteiger partial charge in [-0.25, -0.2) is 0 Å². The first-order valence-corrected chi connectivity index (χ1v) is 6.22. The molecule has 0 aromatic rings. The van der Waals surface area contributed by atoms with Crippen LogP contribution in [-0.4, -0.2) is 30.9 Å². The van der Waals surface area contributed by atoms with Crippen molar-refractivity contribution in [3.05, 3.63) is 0 Å². The standard InChI is InChI=1S/C12H23N3O2/c1-12(2,11(13)17)8-15-10(16)7-14-9-5-3-4-6-9/h9,14H,3-8H2,1-2H3,(H2,13,17)(H,15,16). The van der Waals surface area contributed by atoms with E-state index < -0.39 is 11.3 Å². The van der Waals surface area contributed by atoms with Crippen molar-refractivity contribution in [3.63, 3.8) is 0 Å². The summed E-state index contributed by atoms with van der Waals surface area (Å²) in [6.45, 7) is 4.05. The van der Waals surface area contributed by atoms with Crippen molar-refractivity contribution in [3.8, 4) is 0 Å². The minimum absolute atomic E-state index is 0.0776. The van der Waals surface area contributed by atoms with Gasteiger partial charge >= 0.3 is 0 Å². The number of nitrogens with one attached hydrogen (secondary N) is 2. The molecule has 0 radical (unpaired) electrons. The summed E-state index contributed by atoms with van der Waals surface area (Å²) < 4.78 is 0. The van der Waals surface area contributed by atoms with E-state index >= 15 is 0 Å². The van der Waals surface area contributed by atoms with Gasteiger partial charge in [-0.05, 0) is 26.7 Å². The third kappa shape index (κ3) is 4.73. The van der Waals surface area contributed by atoms with E-state index in [9.17, 15) is 9.59 Å². The lowest BCUT2D eigenvalue weighted by molar-refractivity contribution is -0.126. The zero-order chi connectivity index (χ0) is 12.9. The minimum Gasteiger partial charge on any atom is -0.369 e. The molecule has 0 aliphatic heterocycles. The number of hydrogen-bond donors (Lipinski definition) is 3. The van der Waals surface area contributed by atoms with Gasteiger partial charge < -0.3 is 16.4 Å². The second kappa shape index (κ2) is 6.00. The van der Waals surface area contributed by atoms with Crippen LogP contribution in [0.1, 0.15) is 39.5 Å². The van der Waals surface area contributed by atoms with E-state index in [0.717, 1.165) is 12.8 Å². The number of carbonyl (C=O) groups is 2. The van der Waals surface area contributed by atoms with Crippen LogP contribution in [-0.2, 0) is 9.59 Å². The van der Waals surface area contributed by atoms with E-state index in [1.165, 1.54) is 12.8 Å². The molecule has 0 atom stereocenters. The Morgan fingerprint density at radius 2 is 1.88 bits per heavy atom. The first kappa shape index (κ1) is 14.0. The molecule has 0 aromatic carbocycles. The number of nitrogens with two attached hydrogens (primary N) is 1. The van der Waals surface area contributed by atoms with Crippen molar-refractivity contribution < 1.29 is 9.59 Å². The summed E-state index contributed by atoms with van der Waals surface area (Å²) in [6.07, 6.45) is 4.79. The predicted octanol–water partition coefficient (Wildman–Crippen LogP) is 0.146. The van der Waals surface area contributed by atoms with Crippen LogP contribution in [0.25, 0.3) is 0 Å². The minimum atomic E-state index is -0.691. The Morgan fingerprint density at radius 3 is 2.41 bits per heavy atom. The van der Waals surface area contributed by atoms with Crippen molar-refractivity contribution >= 4 is 11.8 Å². The van der Waals surface area contributed by atoms with Crippen molar-refractivity contribution in [2.45, 2.75) is 45.6 Å². The number of hydrogen-bond acceptors (Lipinski definition) is 3. The van der Waals surface area contributed by atoms with Gasteiger partial charge in [0, 0.05) is 12.6 Å². The van der Waals surface area contributed by atoms with E-state index in [4.69, 9.17) is 5.73 Å². The van der Waals surface area contributed by atoms with Gasteiger partial charge in [0.05, 0.1) is 12.0 Å². The van der Waals surface area contributed by atoms with Gasteiger partial charge in [0.15, 0.2) is 0 Å². The van der Waals surface area contributed by atoms with Crippen LogP contribution in [0, 0.1) is 5.41 Å². The van der Waals surface area contributed by atoms with E-state index in [1.54, 1.807) is 13.8 Å². The predicted molar refractivity (Wildman–Crippen MR) is 66.2 cm³/mol. The largest absolute Gasteiger partial charge is 0.369 e. The summed E-state index contributed by atoms with van der Waals surface area (Å²) in [7, 11) is 0. The number of amides is 2. The van der Waals surface area contributed by atoms with Crippen molar-refractivity contribution in [1.29, 1.82) is 0 Å². The van der Waals surface area contributed by atoms with Crippen LogP contribution >= 0.6 is 0 Å². The highest BCUT2D eigenvalue weighted by Crippen LogP contribution is 2.17. The molecule has 5 heteroatoms. The average Bonchev–Trinajstić information content (AvgIpc) is 2.76. The molecule has 1 aliphatic carbocycles.